The van der Waals surface area contributed by atoms with Gasteiger partial charge in [-0.2, -0.15) is 0 Å². The molecule has 0 bridgehead atoms. The molecule has 0 aromatic rings. The van der Waals surface area contributed by atoms with Gasteiger partial charge in [0.25, 0.3) is 0 Å². The molecule has 17 atom stereocenters. The standard InChI is InChI=1S/C68H125NO18/c1-3-5-7-9-11-13-15-17-19-20-21-22-23-24-25-26-27-28-29-30-32-33-35-37-39-41-43-45-52(73)51(69-56(74)46-44-42-40-38-36-34-31-18-16-14-12-10-8-6-4-2)50-82-66-62(80)59(77)64(54(48-71)84-66)87-68-63(81)60(78)65(55(49-72)85-68)86-67-61(79)58(76)57(75)53(47-70)83-67/h18,31,35,37,43,45,51-55,57-68,70-73,75-81H,3-17,19-30,32-34,36,38-42,44,46-50H2,1-2H3,(H,69,74)/b31-18-,37-35+,45-43+. The van der Waals surface area contributed by atoms with Crippen LogP contribution in [-0.2, 0) is 33.2 Å². The lowest BCUT2D eigenvalue weighted by Gasteiger charge is -2.48. The minimum absolute atomic E-state index is 0.226. The van der Waals surface area contributed by atoms with Crippen molar-refractivity contribution >= 4 is 5.91 Å². The van der Waals surface area contributed by atoms with Crippen LogP contribution in [-0.4, -0.2) is 193 Å². The number of amides is 1. The van der Waals surface area contributed by atoms with Crippen molar-refractivity contribution in [1.29, 1.82) is 0 Å². The van der Waals surface area contributed by atoms with E-state index in [1.165, 1.54) is 167 Å². The van der Waals surface area contributed by atoms with Crippen LogP contribution < -0.4 is 5.32 Å². The lowest BCUT2D eigenvalue weighted by Crippen LogP contribution is -2.66. The monoisotopic (exact) mass is 1240 g/mol. The van der Waals surface area contributed by atoms with E-state index in [4.69, 9.17) is 28.4 Å². The molecule has 0 radical (unpaired) electrons. The van der Waals surface area contributed by atoms with Gasteiger partial charge < -0.3 is 89.9 Å². The van der Waals surface area contributed by atoms with Crippen LogP contribution in [0.4, 0.5) is 0 Å². The molecule has 1 amide bonds. The maximum atomic E-state index is 13.4. The fourth-order valence-corrected chi connectivity index (χ4v) is 11.7. The van der Waals surface area contributed by atoms with Gasteiger partial charge >= 0.3 is 0 Å². The molecule has 87 heavy (non-hydrogen) atoms. The summed E-state index contributed by atoms with van der Waals surface area (Å²) in [4.78, 5) is 13.4. The van der Waals surface area contributed by atoms with E-state index in [0.29, 0.717) is 12.8 Å². The van der Waals surface area contributed by atoms with Gasteiger partial charge in [-0.05, 0) is 57.8 Å². The summed E-state index contributed by atoms with van der Waals surface area (Å²) in [6.45, 7) is 1.72. The van der Waals surface area contributed by atoms with E-state index >= 15 is 0 Å². The van der Waals surface area contributed by atoms with E-state index in [1.807, 2.05) is 6.08 Å². The molecule has 0 spiro atoms. The first-order chi connectivity index (χ1) is 42.3. The SMILES string of the molecule is CCCCCCCC/C=C\CCCCCCCC(=O)NC(COC1OC(CO)C(OC2OC(CO)C(OC3OC(CO)C(O)C(O)C3O)C(O)C2O)C(O)C1O)C(O)/C=C/CC/C=C/CCCCCCCCCCCCCCCCCCCCCCC. The summed E-state index contributed by atoms with van der Waals surface area (Å²) < 4.78 is 34.3. The van der Waals surface area contributed by atoms with Crippen LogP contribution in [0.3, 0.4) is 0 Å². The third-order valence-corrected chi connectivity index (χ3v) is 17.4. The smallest absolute Gasteiger partial charge is 0.220 e. The van der Waals surface area contributed by atoms with Gasteiger partial charge in [0.2, 0.25) is 5.91 Å². The number of carbonyl (C=O) groups excluding carboxylic acids is 1. The Kier molecular flexibility index (Phi) is 46.0. The van der Waals surface area contributed by atoms with Gasteiger partial charge in [0.1, 0.15) is 73.2 Å². The average molecular weight is 1240 g/mol. The zero-order chi connectivity index (χ0) is 63.3. The van der Waals surface area contributed by atoms with Crippen molar-refractivity contribution in [2.75, 3.05) is 26.4 Å². The topological polar surface area (TPSA) is 307 Å². The Balaban J connectivity index is 1.44. The Morgan fingerprint density at radius 3 is 1.15 bits per heavy atom. The van der Waals surface area contributed by atoms with Crippen molar-refractivity contribution in [2.45, 2.75) is 362 Å². The Bertz CT molecular complexity index is 1720. The van der Waals surface area contributed by atoms with E-state index in [-0.39, 0.29) is 18.9 Å². The number of rotatable bonds is 53. The number of aliphatic hydroxyl groups excluding tert-OH is 11. The van der Waals surface area contributed by atoms with Crippen LogP contribution in [0.25, 0.3) is 0 Å². The number of aliphatic hydroxyl groups is 11. The molecule has 510 valence electrons. The number of hydrogen-bond acceptors (Lipinski definition) is 18. The molecule has 3 fully saturated rings. The molecule has 12 N–H and O–H groups in total. The normalized spacial score (nSPS) is 28.8. The summed E-state index contributed by atoms with van der Waals surface area (Å²) in [7, 11) is 0. The molecule has 3 rings (SSSR count). The Morgan fingerprint density at radius 2 is 0.736 bits per heavy atom. The number of hydrogen-bond donors (Lipinski definition) is 12. The zero-order valence-corrected chi connectivity index (χ0v) is 53.8. The number of nitrogens with one attached hydrogen (secondary N) is 1. The summed E-state index contributed by atoms with van der Waals surface area (Å²) in [5, 5.41) is 120. The van der Waals surface area contributed by atoms with E-state index in [9.17, 15) is 61.0 Å². The highest BCUT2D eigenvalue weighted by molar-refractivity contribution is 5.76. The van der Waals surface area contributed by atoms with Gasteiger partial charge in [-0.15, -0.1) is 0 Å². The van der Waals surface area contributed by atoms with Crippen molar-refractivity contribution < 1.29 is 89.4 Å². The predicted molar refractivity (Wildman–Crippen MR) is 337 cm³/mol. The third kappa shape index (κ3) is 32.9. The maximum absolute atomic E-state index is 13.4. The van der Waals surface area contributed by atoms with Crippen molar-refractivity contribution in [2.24, 2.45) is 0 Å². The number of carbonyl (C=O) groups is 1. The second-order valence-electron chi connectivity index (χ2n) is 25.0. The molecule has 3 aliphatic rings. The Labute approximate surface area is 523 Å². The van der Waals surface area contributed by atoms with Crippen molar-refractivity contribution in [3.8, 4) is 0 Å². The van der Waals surface area contributed by atoms with Crippen LogP contribution in [0.15, 0.2) is 36.5 Å². The molecule has 3 saturated heterocycles. The van der Waals surface area contributed by atoms with Gasteiger partial charge in [-0.25, -0.2) is 0 Å². The summed E-state index contributed by atoms with van der Waals surface area (Å²) in [6.07, 6.45) is 31.4. The second kappa shape index (κ2) is 50.6. The summed E-state index contributed by atoms with van der Waals surface area (Å²) >= 11 is 0. The van der Waals surface area contributed by atoms with Crippen LogP contribution >= 0.6 is 0 Å². The van der Waals surface area contributed by atoms with Gasteiger partial charge in [0.05, 0.1) is 38.6 Å². The van der Waals surface area contributed by atoms with E-state index < -0.39 is 124 Å². The highest BCUT2D eigenvalue weighted by Crippen LogP contribution is 2.33. The molecule has 3 heterocycles. The molecule has 0 aromatic carbocycles. The van der Waals surface area contributed by atoms with Crippen LogP contribution in [0, 0.1) is 0 Å². The van der Waals surface area contributed by atoms with E-state index in [1.54, 1.807) is 6.08 Å². The summed E-state index contributed by atoms with van der Waals surface area (Å²) in [6, 6.07) is -0.994. The minimum Gasteiger partial charge on any atom is -0.394 e. The average Bonchev–Trinajstić information content (AvgIpc) is 2.90. The fraction of sp³-hybridized carbons (Fsp3) is 0.897. The van der Waals surface area contributed by atoms with E-state index in [2.05, 4.69) is 43.5 Å². The number of allylic oxidation sites excluding steroid dienone is 5. The highest BCUT2D eigenvalue weighted by atomic mass is 16.8. The second-order valence-corrected chi connectivity index (χ2v) is 25.0. The molecular formula is C68H125NO18. The molecule has 19 heteroatoms. The van der Waals surface area contributed by atoms with Gasteiger partial charge in [0, 0.05) is 6.42 Å². The lowest BCUT2D eigenvalue weighted by atomic mass is 9.96. The summed E-state index contributed by atoms with van der Waals surface area (Å²) in [5.74, 6) is -0.293. The van der Waals surface area contributed by atoms with Crippen LogP contribution in [0.5, 0.6) is 0 Å². The van der Waals surface area contributed by atoms with Crippen LogP contribution in [0.1, 0.15) is 258 Å². The number of unbranched alkanes of at least 4 members (excludes halogenated alkanes) is 33. The van der Waals surface area contributed by atoms with Crippen molar-refractivity contribution in [3.63, 3.8) is 0 Å². The lowest BCUT2D eigenvalue weighted by molar-refractivity contribution is -0.379. The van der Waals surface area contributed by atoms with Crippen molar-refractivity contribution in [1.82, 2.24) is 5.32 Å². The Morgan fingerprint density at radius 1 is 0.402 bits per heavy atom. The maximum Gasteiger partial charge on any atom is 0.220 e. The molecule has 0 saturated carbocycles. The van der Waals surface area contributed by atoms with Crippen LogP contribution in [0.2, 0.25) is 0 Å². The minimum atomic E-state index is -1.98. The van der Waals surface area contributed by atoms with Crippen molar-refractivity contribution in [3.05, 3.63) is 36.5 Å². The fourth-order valence-electron chi connectivity index (χ4n) is 11.7. The van der Waals surface area contributed by atoms with Gasteiger partial charge in [0.15, 0.2) is 18.9 Å². The molecule has 0 aromatic heterocycles. The number of ether oxygens (including phenoxy) is 6. The predicted octanol–water partition coefficient (Wildman–Crippen LogP) is 8.83. The first-order valence-corrected chi connectivity index (χ1v) is 34.7. The molecule has 0 aliphatic carbocycles. The van der Waals surface area contributed by atoms with E-state index in [0.717, 1.165) is 57.8 Å². The van der Waals surface area contributed by atoms with Gasteiger partial charge in [-0.1, -0.05) is 230 Å². The molecule has 3 aliphatic heterocycles. The first kappa shape index (κ1) is 79.2. The largest absolute Gasteiger partial charge is 0.394 e. The Hall–Kier alpha value is -1.99. The zero-order valence-electron chi connectivity index (χ0n) is 53.8. The quantitative estimate of drug-likeness (QED) is 0.0200. The summed E-state index contributed by atoms with van der Waals surface area (Å²) in [5.41, 5.74) is 0. The first-order valence-electron chi connectivity index (χ1n) is 34.7. The highest BCUT2D eigenvalue weighted by Gasteiger charge is 2.53. The molecule has 19 nitrogen and oxygen atoms in total. The third-order valence-electron chi connectivity index (χ3n) is 17.4. The molecule has 17 unspecified atom stereocenters. The molecular weight excluding hydrogens is 1120 g/mol. The van der Waals surface area contributed by atoms with Gasteiger partial charge in [-0.3, -0.25) is 4.79 Å².